The van der Waals surface area contributed by atoms with Crippen molar-refractivity contribution in [1.82, 2.24) is 10.6 Å². The Morgan fingerprint density at radius 3 is 2.38 bits per heavy atom. The number of carbonyl (C=O) groups is 2. The van der Waals surface area contributed by atoms with Crippen molar-refractivity contribution in [3.05, 3.63) is 33.9 Å². The molecule has 1 atom stereocenters. The summed E-state index contributed by atoms with van der Waals surface area (Å²) in [5, 5.41) is 16.0. The average Bonchev–Trinajstić information content (AvgIpc) is 2.37. The minimum absolute atomic E-state index is 0.0708. The van der Waals surface area contributed by atoms with Crippen LogP contribution in [0.5, 0.6) is 0 Å². The van der Waals surface area contributed by atoms with Crippen LogP contribution in [0.3, 0.4) is 0 Å². The summed E-state index contributed by atoms with van der Waals surface area (Å²) >= 11 is 0. The summed E-state index contributed by atoms with van der Waals surface area (Å²) in [7, 11) is 0. The van der Waals surface area contributed by atoms with Gasteiger partial charge in [-0.3, -0.25) is 19.7 Å². The zero-order chi connectivity index (χ0) is 16.2. The first-order chi connectivity index (χ1) is 9.72. The Labute approximate surface area is 121 Å². The molecule has 1 unspecified atom stereocenters. The molecule has 0 bridgehead atoms. The van der Waals surface area contributed by atoms with Crippen LogP contribution in [0.4, 0.5) is 11.4 Å². The number of nitrogens with two attached hydrogens (primary N) is 1. The Morgan fingerprint density at radius 1 is 1.24 bits per heavy atom. The molecule has 1 aromatic carbocycles. The summed E-state index contributed by atoms with van der Waals surface area (Å²) in [5.41, 5.74) is 5.23. The molecule has 114 valence electrons. The van der Waals surface area contributed by atoms with Crippen molar-refractivity contribution in [2.45, 2.75) is 32.9 Å². The van der Waals surface area contributed by atoms with Crippen LogP contribution < -0.4 is 16.4 Å². The Morgan fingerprint density at radius 2 is 1.86 bits per heavy atom. The van der Waals surface area contributed by atoms with Gasteiger partial charge in [0.15, 0.2) is 0 Å². The van der Waals surface area contributed by atoms with Gasteiger partial charge in [0.05, 0.1) is 4.92 Å². The van der Waals surface area contributed by atoms with Gasteiger partial charge in [-0.05, 0) is 32.9 Å². The van der Waals surface area contributed by atoms with Gasteiger partial charge in [-0.1, -0.05) is 0 Å². The van der Waals surface area contributed by atoms with Crippen LogP contribution in [0.15, 0.2) is 18.2 Å². The molecular weight excluding hydrogens is 276 g/mol. The van der Waals surface area contributed by atoms with Gasteiger partial charge in [0.2, 0.25) is 5.91 Å². The number of carbonyl (C=O) groups excluding carboxylic acids is 2. The topological polar surface area (TPSA) is 127 Å². The highest BCUT2D eigenvalue weighted by molar-refractivity contribution is 6.01. The van der Waals surface area contributed by atoms with E-state index < -0.39 is 16.9 Å². The van der Waals surface area contributed by atoms with Crippen molar-refractivity contribution < 1.29 is 14.5 Å². The number of nitrogens with zero attached hydrogens (tertiary/aromatic N) is 1. The normalized spacial score (nSPS) is 11.8. The number of nitrogens with one attached hydrogen (secondary N) is 2. The number of nitro groups is 1. The number of nitro benzene ring substituents is 1. The molecule has 0 spiro atoms. The van der Waals surface area contributed by atoms with Gasteiger partial charge < -0.3 is 16.4 Å². The van der Waals surface area contributed by atoms with E-state index in [1.54, 1.807) is 13.8 Å². The third-order valence-corrected chi connectivity index (χ3v) is 2.63. The fourth-order valence-electron chi connectivity index (χ4n) is 1.64. The molecular formula is C13H18N4O4. The minimum Gasteiger partial charge on any atom is -0.399 e. The van der Waals surface area contributed by atoms with E-state index in [4.69, 9.17) is 5.73 Å². The van der Waals surface area contributed by atoms with Crippen LogP contribution in [0.1, 0.15) is 31.1 Å². The first kappa shape index (κ1) is 16.4. The highest BCUT2D eigenvalue weighted by Gasteiger charge is 2.23. The predicted octanol–water partition coefficient (Wildman–Crippen LogP) is 0.820. The molecule has 0 aliphatic rings. The Kier molecular flexibility index (Phi) is 5.23. The molecule has 1 aromatic rings. The van der Waals surface area contributed by atoms with Gasteiger partial charge in [0.25, 0.3) is 11.6 Å². The largest absolute Gasteiger partial charge is 0.399 e. The van der Waals surface area contributed by atoms with E-state index in [1.807, 2.05) is 0 Å². The number of anilines is 1. The lowest BCUT2D eigenvalue weighted by atomic mass is 10.1. The van der Waals surface area contributed by atoms with Crippen LogP contribution in [0.25, 0.3) is 0 Å². The number of hydrogen-bond acceptors (Lipinski definition) is 5. The zero-order valence-electron chi connectivity index (χ0n) is 12.0. The van der Waals surface area contributed by atoms with E-state index in [1.165, 1.54) is 19.1 Å². The molecule has 0 aliphatic heterocycles. The van der Waals surface area contributed by atoms with E-state index in [9.17, 15) is 19.7 Å². The maximum absolute atomic E-state index is 12.1. The fourth-order valence-corrected chi connectivity index (χ4v) is 1.64. The summed E-state index contributed by atoms with van der Waals surface area (Å²) in [6, 6.07) is 2.81. The predicted molar refractivity (Wildman–Crippen MR) is 77.7 cm³/mol. The zero-order valence-corrected chi connectivity index (χ0v) is 12.0. The van der Waals surface area contributed by atoms with Crippen LogP contribution in [0, 0.1) is 10.1 Å². The van der Waals surface area contributed by atoms with E-state index in [2.05, 4.69) is 10.6 Å². The molecule has 8 nitrogen and oxygen atoms in total. The number of amides is 2. The number of benzene rings is 1. The van der Waals surface area contributed by atoms with Crippen molar-refractivity contribution in [2.24, 2.45) is 0 Å². The quantitative estimate of drug-likeness (QED) is 0.421. The molecule has 0 saturated carbocycles. The summed E-state index contributed by atoms with van der Waals surface area (Å²) in [6.07, 6.45) is 0. The van der Waals surface area contributed by atoms with Crippen molar-refractivity contribution in [3.63, 3.8) is 0 Å². The first-order valence-corrected chi connectivity index (χ1v) is 6.37. The lowest BCUT2D eigenvalue weighted by Crippen LogP contribution is -2.46. The smallest absolute Gasteiger partial charge is 0.282 e. The molecule has 0 aliphatic carbocycles. The van der Waals surface area contributed by atoms with Gasteiger partial charge in [0, 0.05) is 17.8 Å². The first-order valence-electron chi connectivity index (χ1n) is 6.37. The number of nitrogen functional groups attached to an aromatic ring is 1. The number of hydrogen-bond donors (Lipinski definition) is 3. The molecule has 4 N–H and O–H groups in total. The third-order valence-electron chi connectivity index (χ3n) is 2.63. The van der Waals surface area contributed by atoms with E-state index >= 15 is 0 Å². The Hall–Kier alpha value is -2.64. The highest BCUT2D eigenvalue weighted by Crippen LogP contribution is 2.21. The second kappa shape index (κ2) is 6.69. The lowest BCUT2D eigenvalue weighted by Gasteiger charge is -2.16. The second-order valence-corrected chi connectivity index (χ2v) is 4.89. The molecule has 1 rings (SSSR count). The van der Waals surface area contributed by atoms with Gasteiger partial charge in [-0.25, -0.2) is 0 Å². The van der Waals surface area contributed by atoms with Crippen molar-refractivity contribution >= 4 is 23.2 Å². The molecule has 0 saturated heterocycles. The SMILES string of the molecule is CC(C)NC(=O)C(C)NC(=O)c1cc(N)ccc1[N+](=O)[O-]. The van der Waals surface area contributed by atoms with Crippen molar-refractivity contribution in [3.8, 4) is 0 Å². The second-order valence-electron chi connectivity index (χ2n) is 4.89. The van der Waals surface area contributed by atoms with Crippen LogP contribution in [-0.2, 0) is 4.79 Å². The average molecular weight is 294 g/mol. The molecule has 0 fully saturated rings. The Balaban J connectivity index is 2.92. The molecule has 0 radical (unpaired) electrons. The van der Waals surface area contributed by atoms with Gasteiger partial charge in [-0.15, -0.1) is 0 Å². The maximum atomic E-state index is 12.1. The van der Waals surface area contributed by atoms with Crippen LogP contribution in [-0.4, -0.2) is 28.8 Å². The summed E-state index contributed by atoms with van der Waals surface area (Å²) in [6.45, 7) is 5.07. The standard InChI is InChI=1S/C13H18N4O4/c1-7(2)15-12(18)8(3)16-13(19)10-6-9(14)4-5-11(10)17(20)21/h4-8H,14H2,1-3H3,(H,15,18)(H,16,19). The summed E-state index contributed by atoms with van der Waals surface area (Å²) in [5.74, 6) is -1.09. The lowest BCUT2D eigenvalue weighted by molar-refractivity contribution is -0.385. The molecule has 2 amide bonds. The summed E-state index contributed by atoms with van der Waals surface area (Å²) in [4.78, 5) is 34.0. The van der Waals surface area contributed by atoms with Crippen molar-refractivity contribution in [1.29, 1.82) is 0 Å². The molecule has 0 heterocycles. The van der Waals surface area contributed by atoms with Gasteiger partial charge >= 0.3 is 0 Å². The van der Waals surface area contributed by atoms with E-state index in [-0.39, 0.29) is 28.9 Å². The maximum Gasteiger partial charge on any atom is 0.282 e. The van der Waals surface area contributed by atoms with Crippen molar-refractivity contribution in [2.75, 3.05) is 5.73 Å². The van der Waals surface area contributed by atoms with Gasteiger partial charge in [-0.2, -0.15) is 0 Å². The molecule has 8 heteroatoms. The number of rotatable bonds is 5. The third kappa shape index (κ3) is 4.44. The van der Waals surface area contributed by atoms with Crippen LogP contribution >= 0.6 is 0 Å². The van der Waals surface area contributed by atoms with E-state index in [0.29, 0.717) is 0 Å². The van der Waals surface area contributed by atoms with Crippen LogP contribution in [0.2, 0.25) is 0 Å². The Bertz CT molecular complexity index is 571. The fraction of sp³-hybridized carbons (Fsp3) is 0.385. The summed E-state index contributed by atoms with van der Waals surface area (Å²) < 4.78 is 0. The molecule has 21 heavy (non-hydrogen) atoms. The minimum atomic E-state index is -0.819. The van der Waals surface area contributed by atoms with E-state index in [0.717, 1.165) is 6.07 Å². The highest BCUT2D eigenvalue weighted by atomic mass is 16.6. The van der Waals surface area contributed by atoms with Gasteiger partial charge in [0.1, 0.15) is 11.6 Å². The molecule has 0 aromatic heterocycles. The monoisotopic (exact) mass is 294 g/mol.